The second-order valence-electron chi connectivity index (χ2n) is 9.11. The molecule has 2 aliphatic heterocycles. The minimum absolute atomic E-state index is 0.0846. The zero-order valence-electron chi connectivity index (χ0n) is 19.9. The number of para-hydroxylation sites is 1. The summed E-state index contributed by atoms with van der Waals surface area (Å²) in [5.41, 5.74) is 3.59. The number of carbonyl (C=O) groups is 1. The molecule has 3 aromatic rings. The molecule has 0 saturated carbocycles. The monoisotopic (exact) mass is 503 g/mol. The first kappa shape index (κ1) is 23.8. The number of amides is 1. The van der Waals surface area contributed by atoms with Crippen molar-refractivity contribution in [2.75, 3.05) is 24.5 Å². The van der Waals surface area contributed by atoms with Gasteiger partial charge in [0.15, 0.2) is 0 Å². The standard InChI is InChI=1S/C28H29N3O2S2/c1-29-23-15-7-6-14-21(23)25(30-16-8-3-9-17-30)22(26(29)32)19-24-27(33)31(28(34)35-24)18-10-13-20-11-4-2-5-12-20/h2,4-7,11-12,14-15,19H,3,8-10,13,16-18H2,1H3. The third-order valence-corrected chi connectivity index (χ3v) is 8.20. The van der Waals surface area contributed by atoms with E-state index in [1.165, 1.54) is 23.7 Å². The highest BCUT2D eigenvalue weighted by atomic mass is 32.2. The van der Waals surface area contributed by atoms with Crippen molar-refractivity contribution in [1.82, 2.24) is 9.47 Å². The Morgan fingerprint density at radius 1 is 0.971 bits per heavy atom. The van der Waals surface area contributed by atoms with E-state index in [-0.39, 0.29) is 11.5 Å². The van der Waals surface area contributed by atoms with Gasteiger partial charge in [0.05, 0.1) is 21.7 Å². The lowest BCUT2D eigenvalue weighted by atomic mass is 10.0. The van der Waals surface area contributed by atoms with Crippen LogP contribution in [-0.4, -0.2) is 39.3 Å². The number of hydrogen-bond acceptors (Lipinski definition) is 5. The van der Waals surface area contributed by atoms with Crippen LogP contribution in [0.5, 0.6) is 0 Å². The molecule has 1 aromatic heterocycles. The van der Waals surface area contributed by atoms with Crippen LogP contribution >= 0.6 is 24.0 Å². The number of anilines is 1. The Morgan fingerprint density at radius 3 is 2.46 bits per heavy atom. The molecular weight excluding hydrogens is 474 g/mol. The molecule has 0 unspecified atom stereocenters. The van der Waals surface area contributed by atoms with E-state index >= 15 is 0 Å². The minimum Gasteiger partial charge on any atom is -0.370 e. The van der Waals surface area contributed by atoms with Gasteiger partial charge in [-0.25, -0.2) is 0 Å². The van der Waals surface area contributed by atoms with Crippen LogP contribution in [0.15, 0.2) is 64.3 Å². The maximum absolute atomic E-state index is 13.6. The average molecular weight is 504 g/mol. The van der Waals surface area contributed by atoms with Gasteiger partial charge in [-0.2, -0.15) is 0 Å². The van der Waals surface area contributed by atoms with Crippen molar-refractivity contribution in [3.63, 3.8) is 0 Å². The number of carbonyl (C=O) groups excluding carboxylic acids is 1. The number of thiocarbonyl (C=S) groups is 1. The molecule has 2 saturated heterocycles. The van der Waals surface area contributed by atoms with Crippen molar-refractivity contribution in [3.8, 4) is 0 Å². The van der Waals surface area contributed by atoms with Gasteiger partial charge in [-0.05, 0) is 49.8 Å². The van der Waals surface area contributed by atoms with Crippen LogP contribution in [0.2, 0.25) is 0 Å². The highest BCUT2D eigenvalue weighted by Crippen LogP contribution is 2.36. The summed E-state index contributed by atoms with van der Waals surface area (Å²) < 4.78 is 2.25. The maximum Gasteiger partial charge on any atom is 0.266 e. The van der Waals surface area contributed by atoms with Gasteiger partial charge in [0.2, 0.25) is 0 Å². The van der Waals surface area contributed by atoms with Gasteiger partial charge < -0.3 is 9.47 Å². The Kier molecular flexibility index (Phi) is 7.07. The number of aromatic nitrogens is 1. The lowest BCUT2D eigenvalue weighted by Crippen LogP contribution is -2.33. The van der Waals surface area contributed by atoms with E-state index < -0.39 is 0 Å². The van der Waals surface area contributed by atoms with E-state index in [1.807, 2.05) is 36.4 Å². The van der Waals surface area contributed by atoms with Crippen LogP contribution in [0.1, 0.15) is 36.8 Å². The second-order valence-corrected chi connectivity index (χ2v) is 10.8. The Balaban J connectivity index is 1.48. The number of hydrogen-bond donors (Lipinski definition) is 0. The predicted molar refractivity (Wildman–Crippen MR) is 150 cm³/mol. The van der Waals surface area contributed by atoms with Crippen molar-refractivity contribution in [3.05, 3.63) is 81.0 Å². The molecule has 0 N–H and O–H groups in total. The Bertz CT molecular complexity index is 1360. The van der Waals surface area contributed by atoms with Gasteiger partial charge in [-0.15, -0.1) is 0 Å². The molecule has 5 rings (SSSR count). The molecule has 3 heterocycles. The van der Waals surface area contributed by atoms with Gasteiger partial charge >= 0.3 is 0 Å². The first-order valence-electron chi connectivity index (χ1n) is 12.2. The lowest BCUT2D eigenvalue weighted by molar-refractivity contribution is -0.122. The summed E-state index contributed by atoms with van der Waals surface area (Å²) in [4.78, 5) is 31.4. The number of fused-ring (bicyclic) bond motifs is 1. The first-order valence-corrected chi connectivity index (χ1v) is 13.4. The SMILES string of the molecule is Cn1c(=O)c(C=C2SC(=S)N(CCCc3ccccc3)C2=O)c(N2CCCCC2)c2ccccc21. The van der Waals surface area contributed by atoms with Gasteiger partial charge in [0.25, 0.3) is 11.5 Å². The van der Waals surface area contributed by atoms with E-state index in [0.717, 1.165) is 55.4 Å². The van der Waals surface area contributed by atoms with Gasteiger partial charge in [-0.3, -0.25) is 14.5 Å². The number of aryl methyl sites for hydroxylation is 2. The summed E-state index contributed by atoms with van der Waals surface area (Å²) in [7, 11) is 1.80. The molecule has 2 aromatic carbocycles. The zero-order valence-corrected chi connectivity index (χ0v) is 21.5. The molecule has 0 atom stereocenters. The molecule has 0 aliphatic carbocycles. The van der Waals surface area contributed by atoms with E-state index in [0.29, 0.717) is 21.3 Å². The minimum atomic E-state index is -0.104. The molecule has 35 heavy (non-hydrogen) atoms. The molecular formula is C28H29N3O2S2. The number of thioether (sulfide) groups is 1. The van der Waals surface area contributed by atoms with E-state index in [9.17, 15) is 9.59 Å². The van der Waals surface area contributed by atoms with Crippen molar-refractivity contribution in [1.29, 1.82) is 0 Å². The maximum atomic E-state index is 13.6. The number of nitrogens with zero attached hydrogens (tertiary/aromatic N) is 3. The molecule has 2 fully saturated rings. The fourth-order valence-corrected chi connectivity index (χ4v) is 6.29. The number of rotatable bonds is 6. The number of pyridine rings is 1. The van der Waals surface area contributed by atoms with Gasteiger partial charge in [0.1, 0.15) is 4.32 Å². The third kappa shape index (κ3) is 4.80. The summed E-state index contributed by atoms with van der Waals surface area (Å²) >= 11 is 6.87. The molecule has 1 amide bonds. The van der Waals surface area contributed by atoms with Crippen LogP contribution in [0.3, 0.4) is 0 Å². The van der Waals surface area contributed by atoms with Crippen LogP contribution in [0, 0.1) is 0 Å². The normalized spacial score (nSPS) is 17.7. The van der Waals surface area contributed by atoms with Crippen LogP contribution in [0.4, 0.5) is 5.69 Å². The van der Waals surface area contributed by atoms with Crippen molar-refractivity contribution in [2.24, 2.45) is 7.05 Å². The Hall–Kier alpha value is -2.90. The van der Waals surface area contributed by atoms with E-state index in [1.54, 1.807) is 22.6 Å². The third-order valence-electron chi connectivity index (χ3n) is 6.82. The zero-order chi connectivity index (χ0) is 24.4. The fourth-order valence-electron chi connectivity index (χ4n) is 5.00. The molecule has 2 aliphatic rings. The van der Waals surface area contributed by atoms with Crippen LogP contribution in [-0.2, 0) is 18.3 Å². The second kappa shape index (κ2) is 10.4. The molecule has 180 valence electrons. The van der Waals surface area contributed by atoms with Crippen molar-refractivity contribution in [2.45, 2.75) is 32.1 Å². The summed E-state index contributed by atoms with van der Waals surface area (Å²) in [6.45, 7) is 2.41. The first-order chi connectivity index (χ1) is 17.0. The highest BCUT2D eigenvalue weighted by Gasteiger charge is 2.32. The smallest absolute Gasteiger partial charge is 0.266 e. The molecule has 0 bridgehead atoms. The largest absolute Gasteiger partial charge is 0.370 e. The van der Waals surface area contributed by atoms with Crippen LogP contribution < -0.4 is 10.5 Å². The van der Waals surface area contributed by atoms with E-state index in [2.05, 4.69) is 23.1 Å². The molecule has 5 nitrogen and oxygen atoms in total. The molecule has 7 heteroatoms. The number of piperidine rings is 1. The highest BCUT2D eigenvalue weighted by molar-refractivity contribution is 8.26. The van der Waals surface area contributed by atoms with Gasteiger partial charge in [0, 0.05) is 32.1 Å². The predicted octanol–water partition coefficient (Wildman–Crippen LogP) is 5.36. The topological polar surface area (TPSA) is 45.6 Å². The summed E-state index contributed by atoms with van der Waals surface area (Å²) in [5, 5.41) is 1.04. The summed E-state index contributed by atoms with van der Waals surface area (Å²) in [6, 6.07) is 18.3. The van der Waals surface area contributed by atoms with Crippen LogP contribution in [0.25, 0.3) is 17.0 Å². The van der Waals surface area contributed by atoms with Gasteiger partial charge in [-0.1, -0.05) is 72.5 Å². The summed E-state index contributed by atoms with van der Waals surface area (Å²) in [6.07, 6.45) is 6.92. The van der Waals surface area contributed by atoms with E-state index in [4.69, 9.17) is 12.2 Å². The molecule has 0 radical (unpaired) electrons. The lowest BCUT2D eigenvalue weighted by Gasteiger charge is -2.31. The average Bonchev–Trinajstić information content (AvgIpc) is 3.16. The Labute approximate surface area is 215 Å². The number of benzene rings is 2. The summed E-state index contributed by atoms with van der Waals surface area (Å²) in [5.74, 6) is -0.104. The quantitative estimate of drug-likeness (QED) is 0.335. The molecule has 0 spiro atoms. The Morgan fingerprint density at radius 2 is 1.69 bits per heavy atom. The fraction of sp³-hybridized carbons (Fsp3) is 0.321. The van der Waals surface area contributed by atoms with Crippen molar-refractivity contribution < 1.29 is 4.79 Å². The van der Waals surface area contributed by atoms with Crippen molar-refractivity contribution >= 4 is 56.9 Å².